The van der Waals surface area contributed by atoms with Crippen molar-refractivity contribution in [1.29, 1.82) is 0 Å². The number of aryl methyl sites for hydroxylation is 1. The molecule has 1 saturated carbocycles. The Morgan fingerprint density at radius 1 is 1.22 bits per heavy atom. The molecule has 1 aromatic carbocycles. The molecule has 1 fully saturated rings. The smallest absolute Gasteiger partial charge is 0.261 e. The highest BCUT2D eigenvalue weighted by Crippen LogP contribution is 2.30. The average molecular weight is 367 g/mol. The number of carbonyl (C=O) groups is 1. The van der Waals surface area contributed by atoms with E-state index in [4.69, 9.17) is 4.98 Å². The lowest BCUT2D eigenvalue weighted by Crippen LogP contribution is -2.33. The van der Waals surface area contributed by atoms with Gasteiger partial charge in [-0.2, -0.15) is 0 Å². The Bertz CT molecular complexity index is 898. The Morgan fingerprint density at radius 3 is 2.81 bits per heavy atom. The van der Waals surface area contributed by atoms with Crippen molar-refractivity contribution in [2.75, 3.05) is 13.1 Å². The van der Waals surface area contributed by atoms with Crippen LogP contribution in [-0.4, -0.2) is 33.4 Å². The van der Waals surface area contributed by atoms with Gasteiger partial charge in [-0.15, -0.1) is 0 Å². The van der Waals surface area contributed by atoms with Crippen molar-refractivity contribution < 1.29 is 4.79 Å². The number of nitrogens with zero attached hydrogens (tertiary/aromatic N) is 3. The molecule has 4 rings (SSSR count). The van der Waals surface area contributed by atoms with Gasteiger partial charge in [0, 0.05) is 31.6 Å². The molecule has 2 aromatic rings. The summed E-state index contributed by atoms with van der Waals surface area (Å²) in [5.41, 5.74) is 1.36. The maximum Gasteiger partial charge on any atom is 0.261 e. The topological polar surface area (TPSA) is 55.2 Å². The molecule has 27 heavy (non-hydrogen) atoms. The zero-order valence-corrected chi connectivity index (χ0v) is 16.2. The summed E-state index contributed by atoms with van der Waals surface area (Å²) < 4.78 is 1.85. The molecule has 0 atom stereocenters. The van der Waals surface area contributed by atoms with Crippen molar-refractivity contribution in [1.82, 2.24) is 14.5 Å². The lowest BCUT2D eigenvalue weighted by atomic mass is 10.1. The molecule has 144 valence electrons. The average Bonchev–Trinajstić information content (AvgIpc) is 3.46. The SMILES string of the molecule is CCCN(CC1CC1)C(=O)c1ccc2c(=O)n3c(nc2c1)CCCCCC3. The van der Waals surface area contributed by atoms with E-state index in [0.717, 1.165) is 51.1 Å². The number of amides is 1. The molecule has 5 nitrogen and oxygen atoms in total. The number of rotatable bonds is 5. The molecule has 0 saturated heterocycles. The molecular weight excluding hydrogens is 338 g/mol. The minimum Gasteiger partial charge on any atom is -0.338 e. The van der Waals surface area contributed by atoms with Gasteiger partial charge in [0.1, 0.15) is 5.82 Å². The van der Waals surface area contributed by atoms with Crippen LogP contribution in [0.5, 0.6) is 0 Å². The second-order valence-corrected chi connectivity index (χ2v) is 8.08. The second kappa shape index (κ2) is 7.83. The van der Waals surface area contributed by atoms with Gasteiger partial charge in [-0.1, -0.05) is 19.8 Å². The fourth-order valence-corrected chi connectivity index (χ4v) is 4.07. The summed E-state index contributed by atoms with van der Waals surface area (Å²) >= 11 is 0. The van der Waals surface area contributed by atoms with E-state index >= 15 is 0 Å². The van der Waals surface area contributed by atoms with Crippen LogP contribution >= 0.6 is 0 Å². The molecule has 0 radical (unpaired) electrons. The van der Waals surface area contributed by atoms with E-state index in [1.54, 1.807) is 12.1 Å². The number of hydrogen-bond donors (Lipinski definition) is 0. The molecule has 2 aliphatic rings. The molecule has 0 bridgehead atoms. The van der Waals surface area contributed by atoms with Crippen LogP contribution < -0.4 is 5.56 Å². The van der Waals surface area contributed by atoms with Gasteiger partial charge in [-0.3, -0.25) is 14.2 Å². The van der Waals surface area contributed by atoms with Gasteiger partial charge in [0.25, 0.3) is 11.5 Å². The summed E-state index contributed by atoms with van der Waals surface area (Å²) in [6.07, 6.45) is 8.73. The highest BCUT2D eigenvalue weighted by Gasteiger charge is 2.27. The third-order valence-electron chi connectivity index (χ3n) is 5.77. The Hall–Kier alpha value is -2.17. The molecule has 1 amide bonds. The van der Waals surface area contributed by atoms with Crippen molar-refractivity contribution in [3.05, 3.63) is 39.9 Å². The van der Waals surface area contributed by atoms with E-state index in [2.05, 4.69) is 6.92 Å². The number of carbonyl (C=O) groups excluding carboxylic acids is 1. The normalized spacial score (nSPS) is 17.2. The molecule has 1 aliphatic carbocycles. The van der Waals surface area contributed by atoms with Crippen molar-refractivity contribution in [3.8, 4) is 0 Å². The Balaban J connectivity index is 1.69. The molecule has 0 spiro atoms. The Morgan fingerprint density at radius 2 is 2.04 bits per heavy atom. The fourth-order valence-electron chi connectivity index (χ4n) is 4.07. The molecule has 1 aliphatic heterocycles. The highest BCUT2D eigenvalue weighted by atomic mass is 16.2. The number of hydrogen-bond acceptors (Lipinski definition) is 3. The monoisotopic (exact) mass is 367 g/mol. The zero-order chi connectivity index (χ0) is 18.8. The van der Waals surface area contributed by atoms with Gasteiger partial charge < -0.3 is 4.90 Å². The minimum absolute atomic E-state index is 0.0410. The van der Waals surface area contributed by atoms with Crippen molar-refractivity contribution in [2.24, 2.45) is 5.92 Å². The van der Waals surface area contributed by atoms with E-state index in [9.17, 15) is 9.59 Å². The van der Waals surface area contributed by atoms with Crippen molar-refractivity contribution in [2.45, 2.75) is 64.8 Å². The Labute approximate surface area is 160 Å². The number of fused-ring (bicyclic) bond motifs is 2. The van der Waals surface area contributed by atoms with E-state index < -0.39 is 0 Å². The van der Waals surface area contributed by atoms with E-state index in [-0.39, 0.29) is 11.5 Å². The first-order valence-electron chi connectivity index (χ1n) is 10.5. The molecule has 0 N–H and O–H groups in total. The summed E-state index contributed by atoms with van der Waals surface area (Å²) in [7, 11) is 0. The first kappa shape index (κ1) is 18.2. The first-order chi connectivity index (χ1) is 13.2. The van der Waals surface area contributed by atoms with Gasteiger partial charge in [0.05, 0.1) is 10.9 Å². The van der Waals surface area contributed by atoms with Crippen LogP contribution in [-0.2, 0) is 13.0 Å². The molecule has 1 aromatic heterocycles. The predicted molar refractivity (Wildman–Crippen MR) is 107 cm³/mol. The number of aromatic nitrogens is 2. The largest absolute Gasteiger partial charge is 0.338 e. The maximum atomic E-state index is 13.0. The summed E-state index contributed by atoms with van der Waals surface area (Å²) in [5.74, 6) is 1.61. The van der Waals surface area contributed by atoms with Crippen LogP contribution in [0.4, 0.5) is 0 Å². The van der Waals surface area contributed by atoms with Crippen LogP contribution in [0.25, 0.3) is 10.9 Å². The van der Waals surface area contributed by atoms with Crippen LogP contribution in [0.2, 0.25) is 0 Å². The van der Waals surface area contributed by atoms with Crippen molar-refractivity contribution in [3.63, 3.8) is 0 Å². The zero-order valence-electron chi connectivity index (χ0n) is 16.2. The second-order valence-electron chi connectivity index (χ2n) is 8.08. The minimum atomic E-state index is 0.0410. The molecule has 0 unspecified atom stereocenters. The molecular formula is C22H29N3O2. The van der Waals surface area contributed by atoms with Crippen LogP contribution in [0.1, 0.15) is 68.1 Å². The van der Waals surface area contributed by atoms with E-state index in [1.807, 2.05) is 15.5 Å². The standard InChI is InChI=1S/C22H29N3O2/c1-2-12-24(15-16-8-9-16)21(26)17-10-11-18-19(14-17)23-20-7-5-3-4-6-13-25(20)22(18)27/h10-11,14,16H,2-9,12-13,15H2,1H3. The summed E-state index contributed by atoms with van der Waals surface area (Å²) in [6.45, 7) is 4.50. The summed E-state index contributed by atoms with van der Waals surface area (Å²) in [4.78, 5) is 32.7. The Kier molecular flexibility index (Phi) is 5.28. The number of benzene rings is 1. The molecule has 2 heterocycles. The lowest BCUT2D eigenvalue weighted by molar-refractivity contribution is 0.0748. The van der Waals surface area contributed by atoms with Crippen LogP contribution in [0.3, 0.4) is 0 Å². The van der Waals surface area contributed by atoms with E-state index in [1.165, 1.54) is 25.7 Å². The molecule has 5 heteroatoms. The third kappa shape index (κ3) is 3.92. The lowest BCUT2D eigenvalue weighted by Gasteiger charge is -2.22. The van der Waals surface area contributed by atoms with Gasteiger partial charge in [-0.05, 0) is 56.2 Å². The van der Waals surface area contributed by atoms with E-state index in [0.29, 0.717) is 22.4 Å². The fraction of sp³-hybridized carbons (Fsp3) is 0.591. The third-order valence-corrected chi connectivity index (χ3v) is 5.77. The van der Waals surface area contributed by atoms with Gasteiger partial charge in [-0.25, -0.2) is 4.98 Å². The van der Waals surface area contributed by atoms with Crippen molar-refractivity contribution >= 4 is 16.8 Å². The first-order valence-corrected chi connectivity index (χ1v) is 10.5. The quantitative estimate of drug-likeness (QED) is 0.808. The van der Waals surface area contributed by atoms with Crippen LogP contribution in [0, 0.1) is 5.92 Å². The van der Waals surface area contributed by atoms with Gasteiger partial charge in [0.2, 0.25) is 0 Å². The summed E-state index contributed by atoms with van der Waals surface area (Å²) in [6, 6.07) is 5.43. The van der Waals surface area contributed by atoms with Gasteiger partial charge >= 0.3 is 0 Å². The summed E-state index contributed by atoms with van der Waals surface area (Å²) in [5, 5.41) is 0.625. The predicted octanol–water partition coefficient (Wildman–Crippen LogP) is 3.78. The highest BCUT2D eigenvalue weighted by molar-refractivity contribution is 5.97. The van der Waals surface area contributed by atoms with Gasteiger partial charge in [0.15, 0.2) is 0 Å². The maximum absolute atomic E-state index is 13.0. The van der Waals surface area contributed by atoms with Crippen LogP contribution in [0.15, 0.2) is 23.0 Å².